The van der Waals surface area contributed by atoms with Crippen molar-refractivity contribution in [2.75, 3.05) is 19.7 Å². The summed E-state index contributed by atoms with van der Waals surface area (Å²) in [7, 11) is 0. The number of carboxylic acid groups (broad SMARTS) is 1. The highest BCUT2D eigenvalue weighted by molar-refractivity contribution is 5.66. The van der Waals surface area contributed by atoms with E-state index >= 15 is 0 Å². The minimum Gasteiger partial charge on any atom is -0.493 e. The van der Waals surface area contributed by atoms with Crippen molar-refractivity contribution in [3.05, 3.63) is 65.2 Å². The lowest BCUT2D eigenvalue weighted by Gasteiger charge is -2.29. The van der Waals surface area contributed by atoms with Crippen molar-refractivity contribution >= 4 is 5.97 Å². The predicted molar refractivity (Wildman–Crippen MR) is 98.3 cm³/mol. The molecule has 25 heavy (non-hydrogen) atoms. The van der Waals surface area contributed by atoms with Crippen LogP contribution >= 0.6 is 0 Å². The Bertz CT molecular complexity index is 697. The van der Waals surface area contributed by atoms with Crippen LogP contribution in [0.15, 0.2) is 48.5 Å². The average molecular weight is 339 g/mol. The second-order valence-electron chi connectivity index (χ2n) is 6.55. The van der Waals surface area contributed by atoms with E-state index < -0.39 is 5.97 Å². The third-order valence-corrected chi connectivity index (χ3v) is 4.67. The minimum atomic E-state index is -0.756. The summed E-state index contributed by atoms with van der Waals surface area (Å²) in [5.41, 5.74) is 4.15. The minimum absolute atomic E-state index is 0.178. The first-order chi connectivity index (χ1) is 12.2. The van der Waals surface area contributed by atoms with Crippen molar-refractivity contribution < 1.29 is 14.6 Å². The maximum atomic E-state index is 10.4. The Hall–Kier alpha value is -2.33. The fourth-order valence-electron chi connectivity index (χ4n) is 3.20. The highest BCUT2D eigenvalue weighted by Crippen LogP contribution is 2.35. The van der Waals surface area contributed by atoms with Gasteiger partial charge < -0.3 is 15.2 Å². The molecule has 0 saturated carbocycles. The molecule has 1 atom stereocenters. The average Bonchev–Trinajstić information content (AvgIpc) is 2.60. The Balaban J connectivity index is 1.34. The molecule has 0 bridgehead atoms. The topological polar surface area (TPSA) is 58.6 Å². The monoisotopic (exact) mass is 339 g/mol. The highest BCUT2D eigenvalue weighted by atomic mass is 16.5. The largest absolute Gasteiger partial charge is 0.493 e. The number of hydrogen-bond acceptors (Lipinski definition) is 3. The number of rotatable bonds is 10. The Morgan fingerprint density at radius 1 is 1.12 bits per heavy atom. The molecular formula is C21H25NO3. The number of carbonyl (C=O) groups is 1. The number of ether oxygens (including phenoxy) is 1. The molecule has 1 aliphatic carbocycles. The first-order valence-corrected chi connectivity index (χ1v) is 8.94. The second-order valence-corrected chi connectivity index (χ2v) is 6.55. The third-order valence-electron chi connectivity index (χ3n) is 4.67. The van der Waals surface area contributed by atoms with Crippen molar-refractivity contribution in [3.63, 3.8) is 0 Å². The van der Waals surface area contributed by atoms with Gasteiger partial charge in [-0.1, -0.05) is 36.4 Å². The lowest BCUT2D eigenvalue weighted by Crippen LogP contribution is -2.23. The van der Waals surface area contributed by atoms with Crippen molar-refractivity contribution in [1.82, 2.24) is 5.32 Å². The quantitative estimate of drug-likeness (QED) is 0.651. The molecule has 0 fully saturated rings. The van der Waals surface area contributed by atoms with Gasteiger partial charge in [0.25, 0.3) is 0 Å². The van der Waals surface area contributed by atoms with Gasteiger partial charge >= 0.3 is 5.97 Å². The van der Waals surface area contributed by atoms with Gasteiger partial charge in [0.15, 0.2) is 0 Å². The Labute approximate surface area is 148 Å². The van der Waals surface area contributed by atoms with E-state index in [9.17, 15) is 4.79 Å². The van der Waals surface area contributed by atoms with Gasteiger partial charge in [0, 0.05) is 12.5 Å². The SMILES string of the molecule is O=C(O)CCNCCCc1ccc(OCC2Cc3ccccc32)cc1. The molecule has 0 spiro atoms. The van der Waals surface area contributed by atoms with Crippen molar-refractivity contribution in [2.24, 2.45) is 0 Å². The molecule has 2 N–H and O–H groups in total. The van der Waals surface area contributed by atoms with E-state index in [-0.39, 0.29) is 6.42 Å². The molecule has 2 aromatic rings. The van der Waals surface area contributed by atoms with E-state index in [0.717, 1.165) is 38.2 Å². The maximum Gasteiger partial charge on any atom is 0.304 e. The van der Waals surface area contributed by atoms with E-state index in [2.05, 4.69) is 41.7 Å². The number of carboxylic acids is 1. The summed E-state index contributed by atoms with van der Waals surface area (Å²) >= 11 is 0. The second kappa shape index (κ2) is 8.67. The van der Waals surface area contributed by atoms with E-state index in [1.807, 2.05) is 12.1 Å². The van der Waals surface area contributed by atoms with Crippen LogP contribution in [0, 0.1) is 0 Å². The molecule has 1 unspecified atom stereocenters. The van der Waals surface area contributed by atoms with Crippen LogP contribution in [0.4, 0.5) is 0 Å². The number of aryl methyl sites for hydroxylation is 1. The standard InChI is InChI=1S/C21H25NO3/c23-21(24)11-13-22-12-3-4-16-7-9-19(10-8-16)25-15-18-14-17-5-1-2-6-20(17)18/h1-2,5-10,18,22H,3-4,11-15H2,(H,23,24). The van der Waals surface area contributed by atoms with Crippen LogP contribution in [-0.4, -0.2) is 30.8 Å². The molecular weight excluding hydrogens is 314 g/mol. The Kier molecular flexibility index (Phi) is 6.07. The summed E-state index contributed by atoms with van der Waals surface area (Å²) in [6, 6.07) is 16.9. The van der Waals surface area contributed by atoms with Crippen molar-refractivity contribution in [1.29, 1.82) is 0 Å². The lowest BCUT2D eigenvalue weighted by atomic mass is 9.78. The van der Waals surface area contributed by atoms with Gasteiger partial charge in [-0.05, 0) is 54.6 Å². The zero-order valence-corrected chi connectivity index (χ0v) is 14.4. The number of nitrogens with one attached hydrogen (secondary N) is 1. The van der Waals surface area contributed by atoms with Crippen LogP contribution in [0.2, 0.25) is 0 Å². The maximum absolute atomic E-state index is 10.4. The Morgan fingerprint density at radius 3 is 2.68 bits per heavy atom. The smallest absolute Gasteiger partial charge is 0.304 e. The molecule has 0 heterocycles. The van der Waals surface area contributed by atoms with Crippen LogP contribution in [-0.2, 0) is 17.6 Å². The fourth-order valence-corrected chi connectivity index (χ4v) is 3.20. The summed E-state index contributed by atoms with van der Waals surface area (Å²) in [6.07, 6.45) is 3.27. The number of hydrogen-bond donors (Lipinski definition) is 2. The van der Waals surface area contributed by atoms with Crippen molar-refractivity contribution in [2.45, 2.75) is 31.6 Å². The van der Waals surface area contributed by atoms with E-state index in [1.165, 1.54) is 16.7 Å². The molecule has 4 heteroatoms. The normalized spacial score (nSPS) is 15.3. The van der Waals surface area contributed by atoms with Crippen LogP contribution in [0.1, 0.15) is 35.4 Å². The molecule has 3 rings (SSSR count). The van der Waals surface area contributed by atoms with Crippen LogP contribution in [0.25, 0.3) is 0 Å². The summed E-state index contributed by atoms with van der Waals surface area (Å²) in [4.78, 5) is 10.4. The molecule has 0 radical (unpaired) electrons. The number of benzene rings is 2. The van der Waals surface area contributed by atoms with E-state index in [4.69, 9.17) is 9.84 Å². The highest BCUT2D eigenvalue weighted by Gasteiger charge is 2.25. The van der Waals surface area contributed by atoms with Crippen LogP contribution < -0.4 is 10.1 Å². The van der Waals surface area contributed by atoms with Gasteiger partial charge in [-0.25, -0.2) is 0 Å². The molecule has 1 aliphatic rings. The summed E-state index contributed by atoms with van der Waals surface area (Å²) < 4.78 is 5.93. The zero-order chi connectivity index (χ0) is 17.5. The third kappa shape index (κ3) is 5.07. The zero-order valence-electron chi connectivity index (χ0n) is 14.4. The van der Waals surface area contributed by atoms with E-state index in [0.29, 0.717) is 12.5 Å². The van der Waals surface area contributed by atoms with Gasteiger partial charge in [-0.3, -0.25) is 4.79 Å². The first-order valence-electron chi connectivity index (χ1n) is 8.94. The summed E-state index contributed by atoms with van der Waals surface area (Å²) in [6.45, 7) is 2.11. The van der Waals surface area contributed by atoms with Crippen molar-refractivity contribution in [3.8, 4) is 5.75 Å². The molecule has 0 aliphatic heterocycles. The first kappa shape index (κ1) is 17.5. The van der Waals surface area contributed by atoms with E-state index in [1.54, 1.807) is 0 Å². The summed E-state index contributed by atoms with van der Waals surface area (Å²) in [5.74, 6) is 0.689. The Morgan fingerprint density at radius 2 is 1.92 bits per heavy atom. The number of aliphatic carboxylic acids is 1. The molecule has 132 valence electrons. The van der Waals surface area contributed by atoms with Gasteiger partial charge in [0.05, 0.1) is 13.0 Å². The molecule has 4 nitrogen and oxygen atoms in total. The predicted octanol–water partition coefficient (Wildman–Crippen LogP) is 3.40. The fraction of sp³-hybridized carbons (Fsp3) is 0.381. The van der Waals surface area contributed by atoms with Gasteiger partial charge in [0.1, 0.15) is 5.75 Å². The summed E-state index contributed by atoms with van der Waals surface area (Å²) in [5, 5.41) is 11.7. The number of fused-ring (bicyclic) bond motifs is 1. The van der Waals surface area contributed by atoms with Gasteiger partial charge in [-0.15, -0.1) is 0 Å². The molecule has 0 amide bonds. The molecule has 2 aromatic carbocycles. The molecule has 0 saturated heterocycles. The van der Waals surface area contributed by atoms with Crippen LogP contribution in [0.5, 0.6) is 5.75 Å². The lowest BCUT2D eigenvalue weighted by molar-refractivity contribution is -0.136. The van der Waals surface area contributed by atoms with Crippen LogP contribution in [0.3, 0.4) is 0 Å². The van der Waals surface area contributed by atoms with Gasteiger partial charge in [-0.2, -0.15) is 0 Å². The molecule has 0 aromatic heterocycles. The van der Waals surface area contributed by atoms with Gasteiger partial charge in [0.2, 0.25) is 0 Å².